The van der Waals surface area contributed by atoms with E-state index in [0.717, 1.165) is 14.9 Å². The number of aromatic hydroxyl groups is 1. The topological polar surface area (TPSA) is 38.7 Å². The molecule has 1 aliphatic rings. The number of phenolic OH excluding ortho intramolecular Hbond substituents is 1. The molecule has 0 amide bonds. The Kier molecular flexibility index (Phi) is 3.50. The second-order valence-electron chi connectivity index (χ2n) is 4.92. The molecule has 0 aliphatic carbocycles. The minimum atomic E-state index is -0.0459. The van der Waals surface area contributed by atoms with Crippen LogP contribution >= 0.6 is 22.6 Å². The Morgan fingerprint density at radius 1 is 1.25 bits per heavy atom. The van der Waals surface area contributed by atoms with E-state index in [-0.39, 0.29) is 17.8 Å². The van der Waals surface area contributed by atoms with Crippen LogP contribution < -0.4 is 9.47 Å². The van der Waals surface area contributed by atoms with Gasteiger partial charge in [-0.3, -0.25) is 0 Å². The summed E-state index contributed by atoms with van der Waals surface area (Å²) >= 11 is 2.11. The number of hydrogen-bond donors (Lipinski definition) is 1. The maximum atomic E-state index is 9.93. The highest BCUT2D eigenvalue weighted by Crippen LogP contribution is 2.47. The maximum Gasteiger partial charge on any atom is 0.171 e. The van der Waals surface area contributed by atoms with Crippen molar-refractivity contribution in [2.75, 3.05) is 7.11 Å². The summed E-state index contributed by atoms with van der Waals surface area (Å²) in [7, 11) is 1.56. The van der Waals surface area contributed by atoms with Crippen LogP contribution in [0.25, 0.3) is 0 Å². The summed E-state index contributed by atoms with van der Waals surface area (Å²) in [4.78, 5) is 0. The van der Waals surface area contributed by atoms with Gasteiger partial charge in [-0.2, -0.15) is 0 Å². The quantitative estimate of drug-likeness (QED) is 0.790. The third-order valence-electron chi connectivity index (χ3n) is 3.72. The number of para-hydroxylation sites is 1. The molecule has 4 heteroatoms. The number of hydrogen-bond acceptors (Lipinski definition) is 3. The van der Waals surface area contributed by atoms with Gasteiger partial charge in [-0.1, -0.05) is 25.1 Å². The molecule has 0 bridgehead atoms. The zero-order chi connectivity index (χ0) is 14.3. The SMILES string of the molecule is COc1cc([C@H]2Oc3ccccc3[C@@H]2C)cc(I)c1O. The molecular formula is C16H15IO3. The van der Waals surface area contributed by atoms with Gasteiger partial charge in [0.2, 0.25) is 0 Å². The van der Waals surface area contributed by atoms with Crippen LogP contribution in [0.2, 0.25) is 0 Å². The average molecular weight is 382 g/mol. The number of fused-ring (bicyclic) bond motifs is 1. The number of benzene rings is 2. The van der Waals surface area contributed by atoms with Crippen LogP contribution in [0.3, 0.4) is 0 Å². The average Bonchev–Trinajstić information content (AvgIpc) is 2.79. The van der Waals surface area contributed by atoms with Crippen molar-refractivity contribution in [3.63, 3.8) is 0 Å². The van der Waals surface area contributed by atoms with Crippen LogP contribution in [0.15, 0.2) is 36.4 Å². The lowest BCUT2D eigenvalue weighted by Crippen LogP contribution is -2.08. The second kappa shape index (κ2) is 5.16. The molecule has 0 saturated carbocycles. The predicted octanol–water partition coefficient (Wildman–Crippen LogP) is 4.24. The first kappa shape index (κ1) is 13.5. The molecule has 3 nitrogen and oxygen atoms in total. The number of methoxy groups -OCH3 is 1. The molecule has 0 spiro atoms. The fourth-order valence-corrected chi connectivity index (χ4v) is 3.26. The second-order valence-corrected chi connectivity index (χ2v) is 6.08. The summed E-state index contributed by atoms with van der Waals surface area (Å²) < 4.78 is 12.1. The zero-order valence-electron chi connectivity index (χ0n) is 11.3. The van der Waals surface area contributed by atoms with Gasteiger partial charge in [-0.25, -0.2) is 0 Å². The van der Waals surface area contributed by atoms with E-state index < -0.39 is 0 Å². The van der Waals surface area contributed by atoms with E-state index >= 15 is 0 Å². The first-order valence-electron chi connectivity index (χ1n) is 6.43. The van der Waals surface area contributed by atoms with Gasteiger partial charge in [0.1, 0.15) is 11.9 Å². The third kappa shape index (κ3) is 2.12. The summed E-state index contributed by atoms with van der Waals surface area (Å²) in [6, 6.07) is 11.9. The van der Waals surface area contributed by atoms with Crippen LogP contribution in [0.4, 0.5) is 0 Å². The summed E-state index contributed by atoms with van der Waals surface area (Å²) in [5.74, 6) is 1.88. The van der Waals surface area contributed by atoms with Gasteiger partial charge in [0.15, 0.2) is 11.5 Å². The Balaban J connectivity index is 2.02. The minimum Gasteiger partial charge on any atom is -0.504 e. The molecule has 0 unspecified atom stereocenters. The van der Waals surface area contributed by atoms with Crippen LogP contribution in [-0.4, -0.2) is 12.2 Å². The van der Waals surface area contributed by atoms with E-state index in [0.29, 0.717) is 5.75 Å². The van der Waals surface area contributed by atoms with Crippen molar-refractivity contribution in [1.82, 2.24) is 0 Å². The van der Waals surface area contributed by atoms with Gasteiger partial charge in [0.05, 0.1) is 10.7 Å². The largest absolute Gasteiger partial charge is 0.504 e. The molecule has 0 fully saturated rings. The van der Waals surface area contributed by atoms with E-state index in [1.807, 2.05) is 30.3 Å². The lowest BCUT2D eigenvalue weighted by Gasteiger charge is -2.18. The van der Waals surface area contributed by atoms with E-state index in [9.17, 15) is 5.11 Å². The number of ether oxygens (including phenoxy) is 2. The van der Waals surface area contributed by atoms with Crippen LogP contribution in [0.1, 0.15) is 30.1 Å². The summed E-state index contributed by atoms with van der Waals surface area (Å²) in [6.07, 6.45) is -0.0459. The molecular weight excluding hydrogens is 367 g/mol. The highest BCUT2D eigenvalue weighted by Gasteiger charge is 2.32. The van der Waals surface area contributed by atoms with E-state index in [1.165, 1.54) is 5.56 Å². The van der Waals surface area contributed by atoms with Gasteiger partial charge in [-0.05, 0) is 46.4 Å². The molecule has 0 radical (unpaired) electrons. The molecule has 1 aliphatic heterocycles. The van der Waals surface area contributed by atoms with Crippen LogP contribution in [0, 0.1) is 3.57 Å². The highest BCUT2D eigenvalue weighted by atomic mass is 127. The third-order valence-corrected chi connectivity index (χ3v) is 4.54. The zero-order valence-corrected chi connectivity index (χ0v) is 13.4. The summed E-state index contributed by atoms with van der Waals surface area (Å²) in [5, 5.41) is 9.93. The Bertz CT molecular complexity index is 654. The normalized spacial score (nSPS) is 20.4. The minimum absolute atomic E-state index is 0.0459. The summed E-state index contributed by atoms with van der Waals surface area (Å²) in [5.41, 5.74) is 2.24. The fourth-order valence-electron chi connectivity index (χ4n) is 2.64. The lowest BCUT2D eigenvalue weighted by molar-refractivity contribution is 0.215. The van der Waals surface area contributed by atoms with E-state index in [1.54, 1.807) is 7.11 Å². The molecule has 0 aromatic heterocycles. The fraction of sp³-hybridized carbons (Fsp3) is 0.250. The Morgan fingerprint density at radius 3 is 2.70 bits per heavy atom. The van der Waals surface area contributed by atoms with E-state index in [4.69, 9.17) is 9.47 Å². The van der Waals surface area contributed by atoms with Crippen molar-refractivity contribution < 1.29 is 14.6 Å². The van der Waals surface area contributed by atoms with Gasteiger partial charge >= 0.3 is 0 Å². The standard InChI is InChI=1S/C16H15IO3/c1-9-11-5-3-4-6-13(11)20-16(9)10-7-12(17)15(18)14(8-10)19-2/h3-9,16,18H,1-2H3/t9-,16-/m0/s1. The molecule has 20 heavy (non-hydrogen) atoms. The van der Waals surface area contributed by atoms with Crippen molar-refractivity contribution in [3.05, 3.63) is 51.1 Å². The van der Waals surface area contributed by atoms with Gasteiger partial charge in [-0.15, -0.1) is 0 Å². The predicted molar refractivity (Wildman–Crippen MR) is 85.6 cm³/mol. The number of halogens is 1. The number of rotatable bonds is 2. The first-order chi connectivity index (χ1) is 9.61. The van der Waals surface area contributed by atoms with Crippen molar-refractivity contribution in [2.45, 2.75) is 18.9 Å². The van der Waals surface area contributed by atoms with Crippen molar-refractivity contribution in [1.29, 1.82) is 0 Å². The maximum absolute atomic E-state index is 9.93. The Morgan fingerprint density at radius 2 is 2.00 bits per heavy atom. The smallest absolute Gasteiger partial charge is 0.171 e. The van der Waals surface area contributed by atoms with Gasteiger partial charge in [0, 0.05) is 11.5 Å². The van der Waals surface area contributed by atoms with Crippen molar-refractivity contribution in [3.8, 4) is 17.2 Å². The molecule has 3 rings (SSSR count). The van der Waals surface area contributed by atoms with Crippen molar-refractivity contribution in [2.24, 2.45) is 0 Å². The van der Waals surface area contributed by atoms with Crippen molar-refractivity contribution >= 4 is 22.6 Å². The molecule has 2 aromatic rings. The molecule has 2 aromatic carbocycles. The van der Waals surface area contributed by atoms with Gasteiger partial charge < -0.3 is 14.6 Å². The Hall–Kier alpha value is -1.43. The number of phenols is 1. The lowest BCUT2D eigenvalue weighted by atomic mass is 9.93. The molecule has 1 heterocycles. The highest BCUT2D eigenvalue weighted by molar-refractivity contribution is 14.1. The molecule has 104 valence electrons. The van der Waals surface area contributed by atoms with E-state index in [2.05, 4.69) is 35.6 Å². The first-order valence-corrected chi connectivity index (χ1v) is 7.51. The monoisotopic (exact) mass is 382 g/mol. The van der Waals surface area contributed by atoms with Crippen LogP contribution in [-0.2, 0) is 0 Å². The molecule has 2 atom stereocenters. The van der Waals surface area contributed by atoms with Gasteiger partial charge in [0.25, 0.3) is 0 Å². The Labute approximate surface area is 131 Å². The molecule has 1 N–H and O–H groups in total. The molecule has 0 saturated heterocycles. The van der Waals surface area contributed by atoms with Crippen LogP contribution in [0.5, 0.6) is 17.2 Å². The summed E-state index contributed by atoms with van der Waals surface area (Å²) in [6.45, 7) is 2.16.